The van der Waals surface area contributed by atoms with Gasteiger partial charge in [-0.2, -0.15) is 5.10 Å². The predicted octanol–water partition coefficient (Wildman–Crippen LogP) is 1.43. The monoisotopic (exact) mass is 281 g/mol. The number of sulfonamides is 1. The third-order valence-corrected chi connectivity index (χ3v) is 3.80. The summed E-state index contributed by atoms with van der Waals surface area (Å²) in [5, 5.41) is 9.30. The van der Waals surface area contributed by atoms with Gasteiger partial charge in [-0.1, -0.05) is 6.92 Å². The summed E-state index contributed by atoms with van der Waals surface area (Å²) in [5.74, 6) is 0. The number of hydrogen-bond donors (Lipinski definition) is 3. The zero-order valence-corrected chi connectivity index (χ0v) is 11.2. The van der Waals surface area contributed by atoms with Gasteiger partial charge in [0, 0.05) is 25.1 Å². The molecule has 102 valence electrons. The molecule has 3 N–H and O–H groups in total. The molecule has 0 aliphatic carbocycles. The summed E-state index contributed by atoms with van der Waals surface area (Å²) in [7, 11) is -3.68. The highest BCUT2D eigenvalue weighted by Gasteiger charge is 2.19. The number of rotatable bonds is 6. The van der Waals surface area contributed by atoms with E-state index in [1.807, 2.05) is 6.92 Å². The molecule has 2 aromatic heterocycles. The Labute approximate surface area is 111 Å². The lowest BCUT2D eigenvalue weighted by atomic mass is 10.4. The van der Waals surface area contributed by atoms with Crippen LogP contribution in [0.5, 0.6) is 0 Å². The Balaban J connectivity index is 2.29. The normalized spacial score (nSPS) is 11.2. The van der Waals surface area contributed by atoms with Crippen LogP contribution in [0.3, 0.4) is 0 Å². The fourth-order valence-corrected chi connectivity index (χ4v) is 2.68. The molecule has 2 heterocycles. The number of hydrogen-bond acceptors (Lipinski definition) is 5. The van der Waals surface area contributed by atoms with Gasteiger partial charge < -0.3 is 5.32 Å². The smallest absolute Gasteiger partial charge is 0.265 e. The van der Waals surface area contributed by atoms with Crippen molar-refractivity contribution in [3.63, 3.8) is 0 Å². The van der Waals surface area contributed by atoms with Gasteiger partial charge in [0.15, 0.2) is 0 Å². The molecule has 0 amide bonds. The maximum Gasteiger partial charge on any atom is 0.265 e. The number of aromatic amines is 1. The number of aromatic nitrogens is 3. The van der Waals surface area contributed by atoms with Gasteiger partial charge >= 0.3 is 0 Å². The third-order valence-electron chi connectivity index (χ3n) is 2.39. The molecule has 0 spiro atoms. The van der Waals surface area contributed by atoms with E-state index in [9.17, 15) is 8.42 Å². The number of anilines is 2. The lowest BCUT2D eigenvalue weighted by molar-refractivity contribution is 0.601. The molecule has 0 bridgehead atoms. The van der Waals surface area contributed by atoms with Crippen LogP contribution in [0.2, 0.25) is 0 Å². The van der Waals surface area contributed by atoms with Crippen LogP contribution in [-0.2, 0) is 10.0 Å². The maximum atomic E-state index is 12.3. The van der Waals surface area contributed by atoms with Gasteiger partial charge in [0.05, 0.1) is 17.6 Å². The minimum Gasteiger partial charge on any atom is -0.384 e. The lowest BCUT2D eigenvalue weighted by Crippen LogP contribution is -2.15. The van der Waals surface area contributed by atoms with Gasteiger partial charge in [0.2, 0.25) is 0 Å². The standard InChI is InChI=1S/C11H15N5O2S/c1-2-4-13-10-3-5-12-8-11(10)19(17,18)16-9-6-14-15-7-9/h3,5-8,16H,2,4H2,1H3,(H,12,13)(H,14,15). The van der Waals surface area contributed by atoms with Crippen LogP contribution in [0.1, 0.15) is 13.3 Å². The molecule has 19 heavy (non-hydrogen) atoms. The van der Waals surface area contributed by atoms with Crippen molar-refractivity contribution in [3.05, 3.63) is 30.9 Å². The molecule has 0 aliphatic rings. The predicted molar refractivity (Wildman–Crippen MR) is 72.4 cm³/mol. The highest BCUT2D eigenvalue weighted by Crippen LogP contribution is 2.22. The van der Waals surface area contributed by atoms with Crippen molar-refractivity contribution < 1.29 is 8.42 Å². The Hall–Kier alpha value is -2.09. The molecule has 0 saturated carbocycles. The Bertz CT molecular complexity index is 624. The number of nitrogens with zero attached hydrogens (tertiary/aromatic N) is 2. The summed E-state index contributed by atoms with van der Waals surface area (Å²) in [6.45, 7) is 2.70. The Kier molecular flexibility index (Phi) is 4.00. The van der Waals surface area contributed by atoms with E-state index in [0.29, 0.717) is 17.9 Å². The van der Waals surface area contributed by atoms with Crippen molar-refractivity contribution in [1.82, 2.24) is 15.2 Å². The fourth-order valence-electron chi connectivity index (χ4n) is 1.52. The van der Waals surface area contributed by atoms with Gasteiger partial charge in [0.25, 0.3) is 10.0 Å². The van der Waals surface area contributed by atoms with E-state index in [1.165, 1.54) is 18.6 Å². The first kappa shape index (κ1) is 13.3. The zero-order chi connectivity index (χ0) is 13.7. The average molecular weight is 281 g/mol. The van der Waals surface area contributed by atoms with Crippen molar-refractivity contribution in [2.24, 2.45) is 0 Å². The van der Waals surface area contributed by atoms with Crippen molar-refractivity contribution in [3.8, 4) is 0 Å². The Morgan fingerprint density at radius 1 is 1.37 bits per heavy atom. The summed E-state index contributed by atoms with van der Waals surface area (Å²) in [6, 6.07) is 1.64. The van der Waals surface area contributed by atoms with Crippen LogP contribution in [0.15, 0.2) is 35.7 Å². The zero-order valence-electron chi connectivity index (χ0n) is 10.4. The molecule has 2 aromatic rings. The molecule has 0 fully saturated rings. The van der Waals surface area contributed by atoms with Crippen molar-refractivity contribution in [2.45, 2.75) is 18.2 Å². The highest BCUT2D eigenvalue weighted by molar-refractivity contribution is 7.92. The van der Waals surface area contributed by atoms with Crippen molar-refractivity contribution in [1.29, 1.82) is 0 Å². The second kappa shape index (κ2) is 5.70. The van der Waals surface area contributed by atoms with Crippen LogP contribution < -0.4 is 10.0 Å². The molecule has 0 radical (unpaired) electrons. The van der Waals surface area contributed by atoms with E-state index in [4.69, 9.17) is 0 Å². The number of pyridine rings is 1. The molecule has 8 heteroatoms. The molecule has 0 saturated heterocycles. The van der Waals surface area contributed by atoms with Crippen LogP contribution in [0.4, 0.5) is 11.4 Å². The molecular formula is C11H15N5O2S. The molecular weight excluding hydrogens is 266 g/mol. The summed E-state index contributed by atoms with van der Waals surface area (Å²) < 4.78 is 26.9. The second-order valence-electron chi connectivity index (χ2n) is 3.89. The minimum absolute atomic E-state index is 0.115. The lowest BCUT2D eigenvalue weighted by Gasteiger charge is -2.11. The SMILES string of the molecule is CCCNc1ccncc1S(=O)(=O)Nc1cn[nH]c1. The number of nitrogens with one attached hydrogen (secondary N) is 3. The van der Waals surface area contributed by atoms with Crippen molar-refractivity contribution >= 4 is 21.4 Å². The first-order valence-corrected chi connectivity index (χ1v) is 7.31. The molecule has 7 nitrogen and oxygen atoms in total. The molecule has 2 rings (SSSR count). The molecule has 0 unspecified atom stereocenters. The Morgan fingerprint density at radius 3 is 2.89 bits per heavy atom. The van der Waals surface area contributed by atoms with E-state index in [1.54, 1.807) is 12.3 Å². The van der Waals surface area contributed by atoms with Crippen LogP contribution in [0, 0.1) is 0 Å². The fraction of sp³-hybridized carbons (Fsp3) is 0.273. The van der Waals surface area contributed by atoms with Crippen LogP contribution >= 0.6 is 0 Å². The third kappa shape index (κ3) is 3.22. The average Bonchev–Trinajstić information content (AvgIpc) is 2.88. The summed E-state index contributed by atoms with van der Waals surface area (Å²) >= 11 is 0. The van der Waals surface area contributed by atoms with Gasteiger partial charge in [-0.3, -0.25) is 14.8 Å². The van der Waals surface area contributed by atoms with E-state index >= 15 is 0 Å². The Morgan fingerprint density at radius 2 is 2.21 bits per heavy atom. The summed E-state index contributed by atoms with van der Waals surface area (Å²) in [6.07, 6.45) is 6.63. The van der Waals surface area contributed by atoms with E-state index < -0.39 is 10.0 Å². The van der Waals surface area contributed by atoms with E-state index in [-0.39, 0.29) is 4.90 Å². The van der Waals surface area contributed by atoms with Gasteiger partial charge in [0.1, 0.15) is 4.90 Å². The van der Waals surface area contributed by atoms with Gasteiger partial charge in [-0.15, -0.1) is 0 Å². The molecule has 0 aromatic carbocycles. The summed E-state index contributed by atoms with van der Waals surface area (Å²) in [5.41, 5.74) is 0.915. The first-order valence-electron chi connectivity index (χ1n) is 5.83. The van der Waals surface area contributed by atoms with Crippen LogP contribution in [0.25, 0.3) is 0 Å². The van der Waals surface area contributed by atoms with E-state index in [0.717, 1.165) is 6.42 Å². The quantitative estimate of drug-likeness (QED) is 0.743. The minimum atomic E-state index is -3.68. The largest absolute Gasteiger partial charge is 0.384 e. The maximum absolute atomic E-state index is 12.3. The molecule has 0 aliphatic heterocycles. The number of H-pyrrole nitrogens is 1. The first-order chi connectivity index (χ1) is 9.13. The van der Waals surface area contributed by atoms with E-state index in [2.05, 4.69) is 25.2 Å². The highest BCUT2D eigenvalue weighted by atomic mass is 32.2. The second-order valence-corrected chi connectivity index (χ2v) is 5.54. The molecule has 0 atom stereocenters. The van der Waals surface area contributed by atoms with Gasteiger partial charge in [-0.25, -0.2) is 8.42 Å². The van der Waals surface area contributed by atoms with Crippen molar-refractivity contribution in [2.75, 3.05) is 16.6 Å². The topological polar surface area (TPSA) is 99.8 Å². The summed E-state index contributed by atoms with van der Waals surface area (Å²) in [4.78, 5) is 3.98. The van der Waals surface area contributed by atoms with Crippen LogP contribution in [-0.4, -0.2) is 30.1 Å². The van der Waals surface area contributed by atoms with Gasteiger partial charge in [-0.05, 0) is 12.5 Å².